The molecule has 0 saturated heterocycles. The summed E-state index contributed by atoms with van der Waals surface area (Å²) in [5.41, 5.74) is 5.40. The fraction of sp³-hybridized carbons (Fsp3) is 0.214. The van der Waals surface area contributed by atoms with Crippen LogP contribution in [0.5, 0.6) is 0 Å². The van der Waals surface area contributed by atoms with Crippen LogP contribution in [0, 0.1) is 6.92 Å². The lowest BCUT2D eigenvalue weighted by molar-refractivity contribution is -0.122. The molecule has 0 spiro atoms. The Hall–Kier alpha value is -3.31. The van der Waals surface area contributed by atoms with Crippen molar-refractivity contribution in [3.63, 3.8) is 0 Å². The summed E-state index contributed by atoms with van der Waals surface area (Å²) in [5.74, 6) is -0.309. The van der Waals surface area contributed by atoms with E-state index in [0.29, 0.717) is 11.4 Å². The van der Waals surface area contributed by atoms with Gasteiger partial charge in [-0.05, 0) is 54.7 Å². The van der Waals surface area contributed by atoms with Gasteiger partial charge in [0.2, 0.25) is 5.91 Å². The summed E-state index contributed by atoms with van der Waals surface area (Å²) in [6.45, 7) is 4.71. The number of nitrogens with one attached hydrogen (secondary N) is 1. The van der Waals surface area contributed by atoms with Gasteiger partial charge in [-0.1, -0.05) is 84.9 Å². The highest BCUT2D eigenvalue weighted by molar-refractivity contribution is 8.04. The molecule has 3 aromatic rings. The Morgan fingerprint density at radius 1 is 1.00 bits per heavy atom. The van der Waals surface area contributed by atoms with E-state index in [9.17, 15) is 9.59 Å². The lowest BCUT2D eigenvalue weighted by Gasteiger charge is -2.29. The smallest absolute Gasteiger partial charge is 0.265 e. The maximum Gasteiger partial charge on any atom is 0.265 e. The first-order chi connectivity index (χ1) is 16.0. The van der Waals surface area contributed by atoms with Crippen LogP contribution in [0.2, 0.25) is 0 Å². The summed E-state index contributed by atoms with van der Waals surface area (Å²) < 4.78 is 0. The molecule has 4 rings (SSSR count). The number of rotatable bonds is 7. The summed E-state index contributed by atoms with van der Waals surface area (Å²) in [7, 11) is 0. The third kappa shape index (κ3) is 5.74. The zero-order valence-corrected chi connectivity index (χ0v) is 19.8. The van der Waals surface area contributed by atoms with Crippen molar-refractivity contribution in [3.8, 4) is 0 Å². The van der Waals surface area contributed by atoms with E-state index in [2.05, 4.69) is 49.5 Å². The molecule has 5 heteroatoms. The number of carbonyl (C=O) groups is 2. The fourth-order valence-electron chi connectivity index (χ4n) is 3.83. The number of fused-ring (bicyclic) bond motifs is 1. The van der Waals surface area contributed by atoms with Crippen LogP contribution in [0.25, 0.3) is 6.08 Å². The average Bonchev–Trinajstić information content (AvgIpc) is 2.82. The number of amides is 2. The molecule has 3 aromatic carbocycles. The molecule has 1 heterocycles. The molecule has 0 unspecified atom stereocenters. The quantitative estimate of drug-likeness (QED) is 0.485. The average molecular weight is 457 g/mol. The molecule has 1 aliphatic heterocycles. The Morgan fingerprint density at radius 3 is 2.55 bits per heavy atom. The number of benzene rings is 3. The minimum atomic E-state index is -0.163. The van der Waals surface area contributed by atoms with Gasteiger partial charge in [-0.2, -0.15) is 0 Å². The number of thioether (sulfide) groups is 1. The molecule has 0 fully saturated rings. The van der Waals surface area contributed by atoms with Gasteiger partial charge in [0.1, 0.15) is 6.54 Å². The van der Waals surface area contributed by atoms with E-state index in [0.717, 1.165) is 29.0 Å². The molecule has 168 valence electrons. The molecule has 0 radical (unpaired) electrons. The second-order valence-corrected chi connectivity index (χ2v) is 9.24. The summed E-state index contributed by atoms with van der Waals surface area (Å²) in [6, 6.07) is 24.2. The number of hydrogen-bond donors (Lipinski definition) is 1. The minimum Gasteiger partial charge on any atom is -0.354 e. The van der Waals surface area contributed by atoms with Crippen LogP contribution < -0.4 is 10.2 Å². The molecular weight excluding hydrogens is 428 g/mol. The molecule has 0 saturated carbocycles. The second-order valence-electron chi connectivity index (χ2n) is 8.15. The zero-order valence-electron chi connectivity index (χ0n) is 19.0. The normalized spacial score (nSPS) is 14.3. The standard InChI is InChI=1S/C28H28N2O2S/c1-3-21-11-13-23(14-12-21)18-26-28(32)30(24-9-4-5-10-25(24)33-26)19-27(31)29-16-15-22-8-6-7-20(2)17-22/h4-14,17-18H,3,15-16,19H2,1-2H3,(H,29,31)/b26-18-. The van der Waals surface area contributed by atoms with Crippen molar-refractivity contribution < 1.29 is 9.59 Å². The maximum absolute atomic E-state index is 13.3. The minimum absolute atomic E-state index is 0.00363. The van der Waals surface area contributed by atoms with Gasteiger partial charge in [0, 0.05) is 11.4 Å². The molecule has 2 amide bonds. The van der Waals surface area contributed by atoms with E-state index in [-0.39, 0.29) is 18.4 Å². The molecule has 0 atom stereocenters. The van der Waals surface area contributed by atoms with E-state index in [1.54, 1.807) is 4.90 Å². The number of nitrogens with zero attached hydrogens (tertiary/aromatic N) is 1. The van der Waals surface area contributed by atoms with Gasteiger partial charge < -0.3 is 5.32 Å². The maximum atomic E-state index is 13.3. The summed E-state index contributed by atoms with van der Waals surface area (Å²) in [5, 5.41) is 2.97. The lowest BCUT2D eigenvalue weighted by atomic mass is 10.1. The third-order valence-electron chi connectivity index (χ3n) is 5.64. The van der Waals surface area contributed by atoms with Gasteiger partial charge in [-0.3, -0.25) is 14.5 Å². The second kappa shape index (κ2) is 10.5. The van der Waals surface area contributed by atoms with Crippen molar-refractivity contribution in [2.75, 3.05) is 18.0 Å². The van der Waals surface area contributed by atoms with Gasteiger partial charge >= 0.3 is 0 Å². The lowest BCUT2D eigenvalue weighted by Crippen LogP contribution is -2.43. The summed E-state index contributed by atoms with van der Waals surface area (Å²) in [6.07, 6.45) is 3.64. The summed E-state index contributed by atoms with van der Waals surface area (Å²) >= 11 is 1.46. The Morgan fingerprint density at radius 2 is 1.79 bits per heavy atom. The largest absolute Gasteiger partial charge is 0.354 e. The monoisotopic (exact) mass is 456 g/mol. The number of aryl methyl sites for hydroxylation is 2. The first kappa shape index (κ1) is 22.9. The molecule has 1 N–H and O–H groups in total. The van der Waals surface area contributed by atoms with Crippen molar-refractivity contribution in [1.29, 1.82) is 0 Å². The first-order valence-electron chi connectivity index (χ1n) is 11.2. The van der Waals surface area contributed by atoms with Crippen LogP contribution in [0.1, 0.15) is 29.2 Å². The van der Waals surface area contributed by atoms with Gasteiger partial charge in [-0.25, -0.2) is 0 Å². The highest BCUT2D eigenvalue weighted by Gasteiger charge is 2.30. The number of anilines is 1. The van der Waals surface area contributed by atoms with Crippen LogP contribution in [-0.2, 0) is 22.4 Å². The molecule has 0 aliphatic carbocycles. The van der Waals surface area contributed by atoms with E-state index in [4.69, 9.17) is 0 Å². The van der Waals surface area contributed by atoms with Gasteiger partial charge in [-0.15, -0.1) is 0 Å². The van der Waals surface area contributed by atoms with E-state index in [1.165, 1.54) is 28.5 Å². The van der Waals surface area contributed by atoms with Gasteiger partial charge in [0.15, 0.2) is 0 Å². The van der Waals surface area contributed by atoms with Crippen LogP contribution >= 0.6 is 11.8 Å². The van der Waals surface area contributed by atoms with Crippen LogP contribution in [-0.4, -0.2) is 24.9 Å². The molecule has 0 bridgehead atoms. The fourth-order valence-corrected chi connectivity index (χ4v) is 4.89. The number of hydrogen-bond acceptors (Lipinski definition) is 3. The molecule has 0 aromatic heterocycles. The highest BCUT2D eigenvalue weighted by Crippen LogP contribution is 2.41. The van der Waals surface area contributed by atoms with Crippen molar-refractivity contribution in [1.82, 2.24) is 5.32 Å². The van der Waals surface area contributed by atoms with Gasteiger partial charge in [0.05, 0.1) is 10.6 Å². The molecule has 1 aliphatic rings. The predicted molar refractivity (Wildman–Crippen MR) is 136 cm³/mol. The summed E-state index contributed by atoms with van der Waals surface area (Å²) in [4.78, 5) is 29.2. The Bertz CT molecular complexity index is 1180. The van der Waals surface area contributed by atoms with Crippen molar-refractivity contribution in [2.45, 2.75) is 31.6 Å². The van der Waals surface area contributed by atoms with E-state index >= 15 is 0 Å². The SMILES string of the molecule is CCc1ccc(/C=C2\Sc3ccccc3N(CC(=O)NCCc3cccc(C)c3)C2=O)cc1. The topological polar surface area (TPSA) is 49.4 Å². The van der Waals surface area contributed by atoms with Crippen LogP contribution in [0.15, 0.2) is 82.6 Å². The molecule has 4 nitrogen and oxygen atoms in total. The third-order valence-corrected chi connectivity index (χ3v) is 6.72. The van der Waals surface area contributed by atoms with E-state index in [1.807, 2.05) is 48.5 Å². The first-order valence-corrected chi connectivity index (χ1v) is 12.1. The highest BCUT2D eigenvalue weighted by atomic mass is 32.2. The Balaban J connectivity index is 1.47. The van der Waals surface area contributed by atoms with Crippen molar-refractivity contribution in [3.05, 3.63) is 100.0 Å². The van der Waals surface area contributed by atoms with E-state index < -0.39 is 0 Å². The Kier molecular flexibility index (Phi) is 7.30. The zero-order chi connectivity index (χ0) is 23.2. The predicted octanol–water partition coefficient (Wildman–Crippen LogP) is 5.40. The van der Waals surface area contributed by atoms with Gasteiger partial charge in [0.25, 0.3) is 5.91 Å². The van der Waals surface area contributed by atoms with Crippen molar-refractivity contribution in [2.24, 2.45) is 0 Å². The van der Waals surface area contributed by atoms with Crippen LogP contribution in [0.4, 0.5) is 5.69 Å². The molecule has 33 heavy (non-hydrogen) atoms. The molecular formula is C28H28N2O2S. The Labute approximate surface area is 199 Å². The number of carbonyl (C=O) groups excluding carboxylic acids is 2. The van der Waals surface area contributed by atoms with Crippen molar-refractivity contribution >= 4 is 35.3 Å². The number of para-hydroxylation sites is 1. The van der Waals surface area contributed by atoms with Crippen LogP contribution in [0.3, 0.4) is 0 Å².